The number of nitrogens with one attached hydrogen (secondary N) is 1. The molecule has 0 amide bonds. The highest BCUT2D eigenvalue weighted by Crippen LogP contribution is 2.13. The van der Waals surface area contributed by atoms with E-state index in [2.05, 4.69) is 64.1 Å². The summed E-state index contributed by atoms with van der Waals surface area (Å²) in [6, 6.07) is 4.19. The fraction of sp³-hybridized carbons (Fsp3) is 0.500. The zero-order valence-electron chi connectivity index (χ0n) is 14.2. The zero-order valence-corrected chi connectivity index (χ0v) is 17.4. The van der Waals surface area contributed by atoms with E-state index < -0.39 is 0 Å². The maximum Gasteiger partial charge on any atom is 0.193 e. The average Bonchev–Trinajstić information content (AvgIpc) is 3.13. The van der Waals surface area contributed by atoms with Crippen molar-refractivity contribution in [1.82, 2.24) is 19.8 Å². The van der Waals surface area contributed by atoms with Gasteiger partial charge in [0, 0.05) is 57.1 Å². The largest absolute Gasteiger partial charge is 0.356 e. The molecule has 0 aliphatic carbocycles. The smallest absolute Gasteiger partial charge is 0.193 e. The number of hydrogen-bond acceptors (Lipinski definition) is 3. The molecule has 2 aromatic heterocycles. The minimum absolute atomic E-state index is 0. The van der Waals surface area contributed by atoms with Gasteiger partial charge in [0.05, 0.1) is 11.6 Å². The molecule has 0 atom stereocenters. The van der Waals surface area contributed by atoms with Gasteiger partial charge in [0.2, 0.25) is 0 Å². The molecule has 0 saturated heterocycles. The van der Waals surface area contributed by atoms with Crippen molar-refractivity contribution in [3.63, 3.8) is 0 Å². The van der Waals surface area contributed by atoms with Crippen LogP contribution in [0.2, 0.25) is 0 Å². The number of aromatic nitrogens is 2. The molecule has 0 bridgehead atoms. The van der Waals surface area contributed by atoms with E-state index in [9.17, 15) is 0 Å². The van der Waals surface area contributed by atoms with E-state index in [1.54, 1.807) is 11.3 Å². The van der Waals surface area contributed by atoms with E-state index in [0.717, 1.165) is 31.9 Å². The fourth-order valence-electron chi connectivity index (χ4n) is 2.27. The van der Waals surface area contributed by atoms with E-state index in [1.165, 1.54) is 15.6 Å². The number of aryl methyl sites for hydroxylation is 2. The number of hydrogen-bond donors (Lipinski definition) is 1. The first-order valence-corrected chi connectivity index (χ1v) is 8.41. The van der Waals surface area contributed by atoms with Crippen molar-refractivity contribution in [2.24, 2.45) is 12.0 Å². The Labute approximate surface area is 159 Å². The first-order chi connectivity index (χ1) is 10.6. The van der Waals surface area contributed by atoms with Crippen LogP contribution in [0.1, 0.15) is 22.5 Å². The molecule has 0 spiro atoms. The van der Waals surface area contributed by atoms with Gasteiger partial charge in [-0.1, -0.05) is 6.92 Å². The normalized spacial score (nSPS) is 11.2. The highest BCUT2D eigenvalue weighted by Gasteiger charge is 2.08. The molecule has 0 aliphatic heterocycles. The first-order valence-electron chi connectivity index (χ1n) is 7.59. The van der Waals surface area contributed by atoms with Crippen LogP contribution in [0.3, 0.4) is 0 Å². The van der Waals surface area contributed by atoms with Gasteiger partial charge in [0.25, 0.3) is 0 Å². The summed E-state index contributed by atoms with van der Waals surface area (Å²) in [5.74, 6) is 0.911. The molecule has 0 aliphatic rings. The van der Waals surface area contributed by atoms with Gasteiger partial charge in [0.1, 0.15) is 0 Å². The van der Waals surface area contributed by atoms with E-state index >= 15 is 0 Å². The van der Waals surface area contributed by atoms with Crippen LogP contribution in [0.4, 0.5) is 0 Å². The van der Waals surface area contributed by atoms with Gasteiger partial charge in [0.15, 0.2) is 5.96 Å². The van der Waals surface area contributed by atoms with Crippen molar-refractivity contribution in [2.75, 3.05) is 20.6 Å². The summed E-state index contributed by atoms with van der Waals surface area (Å²) in [5, 5.41) is 4.60. The van der Waals surface area contributed by atoms with Gasteiger partial charge in [-0.25, -0.2) is 4.98 Å². The fourth-order valence-corrected chi connectivity index (χ4v) is 3.13. The van der Waals surface area contributed by atoms with Crippen LogP contribution in [0.25, 0.3) is 0 Å². The maximum absolute atomic E-state index is 4.45. The Bertz CT molecular complexity index is 620. The molecule has 0 aromatic carbocycles. The summed E-state index contributed by atoms with van der Waals surface area (Å²) in [7, 11) is 5.94. The van der Waals surface area contributed by atoms with Gasteiger partial charge >= 0.3 is 0 Å². The quantitative estimate of drug-likeness (QED) is 0.421. The van der Waals surface area contributed by atoms with Gasteiger partial charge in [-0.05, 0) is 18.6 Å². The Hall–Kier alpha value is -1.09. The third-order valence-corrected chi connectivity index (χ3v) is 4.80. The molecule has 23 heavy (non-hydrogen) atoms. The second-order valence-electron chi connectivity index (χ2n) is 5.26. The molecule has 0 unspecified atom stereocenters. The standard InChI is InChI=1S/C16H25N5S.HI/c1-5-14-11-19-15(22-14)8-9-18-16(17-2)21(4)12-13-7-6-10-20(13)3;/h6-7,10-11H,5,8-9,12H2,1-4H3,(H,17,18);1H. The van der Waals surface area contributed by atoms with Gasteiger partial charge in [-0.2, -0.15) is 0 Å². The van der Waals surface area contributed by atoms with Gasteiger partial charge in [-0.15, -0.1) is 35.3 Å². The molecule has 1 N–H and O–H groups in total. The van der Waals surface area contributed by atoms with E-state index in [-0.39, 0.29) is 24.0 Å². The molecule has 7 heteroatoms. The number of rotatable bonds is 6. The summed E-state index contributed by atoms with van der Waals surface area (Å²) < 4.78 is 2.13. The zero-order chi connectivity index (χ0) is 15.9. The second-order valence-corrected chi connectivity index (χ2v) is 6.46. The molecule has 2 aromatic rings. The SMILES string of the molecule is CCc1cnc(CCNC(=NC)N(C)Cc2cccn2C)s1.I. The first kappa shape index (κ1) is 20.0. The maximum atomic E-state index is 4.45. The molecule has 0 saturated carbocycles. The van der Waals surface area contributed by atoms with Crippen LogP contribution in [0.5, 0.6) is 0 Å². The van der Waals surface area contributed by atoms with Gasteiger partial charge < -0.3 is 14.8 Å². The van der Waals surface area contributed by atoms with E-state index in [1.807, 2.05) is 13.2 Å². The minimum Gasteiger partial charge on any atom is -0.356 e. The Morgan fingerprint density at radius 1 is 1.48 bits per heavy atom. The van der Waals surface area contributed by atoms with Crippen molar-refractivity contribution in [1.29, 1.82) is 0 Å². The third kappa shape index (κ3) is 5.80. The molecular weight excluding hydrogens is 421 g/mol. The van der Waals surface area contributed by atoms with E-state index in [0.29, 0.717) is 0 Å². The highest BCUT2D eigenvalue weighted by molar-refractivity contribution is 14.0. The van der Waals surface area contributed by atoms with Crippen molar-refractivity contribution < 1.29 is 0 Å². The summed E-state index contributed by atoms with van der Waals surface area (Å²) in [4.78, 5) is 12.3. The topological polar surface area (TPSA) is 45.5 Å². The van der Waals surface area contributed by atoms with Crippen molar-refractivity contribution in [2.45, 2.75) is 26.3 Å². The monoisotopic (exact) mass is 447 g/mol. The van der Waals surface area contributed by atoms with Crippen molar-refractivity contribution in [3.05, 3.63) is 40.1 Å². The van der Waals surface area contributed by atoms with Crippen LogP contribution >= 0.6 is 35.3 Å². The van der Waals surface area contributed by atoms with Crippen LogP contribution < -0.4 is 5.32 Å². The lowest BCUT2D eigenvalue weighted by atomic mass is 10.4. The molecule has 0 fully saturated rings. The van der Waals surface area contributed by atoms with Crippen LogP contribution in [-0.4, -0.2) is 41.1 Å². The van der Waals surface area contributed by atoms with Gasteiger partial charge in [-0.3, -0.25) is 4.99 Å². The van der Waals surface area contributed by atoms with E-state index in [4.69, 9.17) is 0 Å². The number of nitrogens with zero attached hydrogens (tertiary/aromatic N) is 4. The predicted molar refractivity (Wildman–Crippen MR) is 109 cm³/mol. The average molecular weight is 447 g/mol. The lowest BCUT2D eigenvalue weighted by Gasteiger charge is -2.22. The van der Waals surface area contributed by atoms with Crippen LogP contribution in [0.15, 0.2) is 29.5 Å². The lowest BCUT2D eigenvalue weighted by Crippen LogP contribution is -2.39. The third-order valence-electron chi connectivity index (χ3n) is 3.60. The molecule has 0 radical (unpaired) electrons. The number of guanidine groups is 1. The number of thiazole rings is 1. The number of aliphatic imine (C=N–C) groups is 1. The summed E-state index contributed by atoms with van der Waals surface area (Å²) in [5.41, 5.74) is 1.26. The molecule has 2 heterocycles. The Balaban J connectivity index is 0.00000264. The van der Waals surface area contributed by atoms with Crippen molar-refractivity contribution >= 4 is 41.3 Å². The molecular formula is C16H26IN5S. The number of halogens is 1. The minimum atomic E-state index is 0. The predicted octanol–water partition coefficient (Wildman–Crippen LogP) is 2.91. The Morgan fingerprint density at radius 2 is 2.26 bits per heavy atom. The lowest BCUT2D eigenvalue weighted by molar-refractivity contribution is 0.462. The summed E-state index contributed by atoms with van der Waals surface area (Å²) in [6.07, 6.45) is 6.04. The summed E-state index contributed by atoms with van der Waals surface area (Å²) in [6.45, 7) is 3.84. The Morgan fingerprint density at radius 3 is 2.83 bits per heavy atom. The molecule has 2 rings (SSSR count). The molecule has 128 valence electrons. The van der Waals surface area contributed by atoms with Crippen LogP contribution in [-0.2, 0) is 26.4 Å². The molecule has 5 nitrogen and oxygen atoms in total. The Kier molecular flexibility index (Phi) is 8.60. The highest BCUT2D eigenvalue weighted by atomic mass is 127. The van der Waals surface area contributed by atoms with Crippen LogP contribution in [0, 0.1) is 0 Å². The summed E-state index contributed by atoms with van der Waals surface area (Å²) >= 11 is 1.80. The van der Waals surface area contributed by atoms with Crippen molar-refractivity contribution in [3.8, 4) is 0 Å². The second kappa shape index (κ2) is 9.92.